The maximum atomic E-state index is 9.52. The number of aliphatic hydroxyl groups is 1. The van der Waals surface area contributed by atoms with E-state index in [0.717, 1.165) is 25.8 Å². The van der Waals surface area contributed by atoms with Crippen molar-refractivity contribution in [2.24, 2.45) is 0 Å². The van der Waals surface area contributed by atoms with E-state index in [1.165, 1.54) is 5.56 Å². The van der Waals surface area contributed by atoms with Crippen molar-refractivity contribution in [3.63, 3.8) is 0 Å². The largest absolute Gasteiger partial charge is 0.393 e. The fourth-order valence-electron chi connectivity index (χ4n) is 2.04. The van der Waals surface area contributed by atoms with Crippen LogP contribution in [0.15, 0.2) is 30.3 Å². The van der Waals surface area contributed by atoms with Gasteiger partial charge in [-0.1, -0.05) is 30.3 Å². The molecule has 0 saturated carbocycles. The van der Waals surface area contributed by atoms with Crippen molar-refractivity contribution in [2.75, 3.05) is 6.54 Å². The smallest absolute Gasteiger partial charge is 0.0567 e. The third-order valence-corrected chi connectivity index (χ3v) is 2.79. The number of halogens is 1. The van der Waals surface area contributed by atoms with Crippen molar-refractivity contribution in [3.8, 4) is 0 Å². The second-order valence-electron chi connectivity index (χ2n) is 4.02. The summed E-state index contributed by atoms with van der Waals surface area (Å²) >= 11 is 0. The molecule has 0 radical (unpaired) electrons. The maximum absolute atomic E-state index is 9.52. The van der Waals surface area contributed by atoms with Crippen LogP contribution < -0.4 is 5.32 Å². The molecule has 0 aliphatic carbocycles. The Morgan fingerprint density at radius 2 is 2.00 bits per heavy atom. The molecule has 1 aromatic rings. The molecule has 2 nitrogen and oxygen atoms in total. The lowest BCUT2D eigenvalue weighted by Crippen LogP contribution is -2.41. The van der Waals surface area contributed by atoms with Gasteiger partial charge in [-0.05, 0) is 31.4 Å². The lowest BCUT2D eigenvalue weighted by Gasteiger charge is -2.27. The van der Waals surface area contributed by atoms with Gasteiger partial charge in [0, 0.05) is 6.04 Å². The summed E-state index contributed by atoms with van der Waals surface area (Å²) in [4.78, 5) is 0. The molecule has 1 aliphatic rings. The predicted molar refractivity (Wildman–Crippen MR) is 64.4 cm³/mol. The highest BCUT2D eigenvalue weighted by Gasteiger charge is 2.19. The number of hydrogen-bond donors (Lipinski definition) is 2. The van der Waals surface area contributed by atoms with E-state index in [2.05, 4.69) is 29.6 Å². The highest BCUT2D eigenvalue weighted by atomic mass is 35.5. The summed E-state index contributed by atoms with van der Waals surface area (Å²) in [5.41, 5.74) is 1.35. The summed E-state index contributed by atoms with van der Waals surface area (Å²) in [5.74, 6) is 0. The van der Waals surface area contributed by atoms with Crippen molar-refractivity contribution in [3.05, 3.63) is 35.9 Å². The second kappa shape index (κ2) is 6.11. The van der Waals surface area contributed by atoms with Gasteiger partial charge in [-0.15, -0.1) is 12.4 Å². The summed E-state index contributed by atoms with van der Waals surface area (Å²) in [6.07, 6.45) is 2.70. The Balaban J connectivity index is 0.00000112. The monoisotopic (exact) mass is 227 g/mol. The molecule has 0 bridgehead atoms. The normalized spacial score (nSPS) is 25.7. The molecule has 1 aromatic carbocycles. The van der Waals surface area contributed by atoms with Crippen LogP contribution in [0.25, 0.3) is 0 Å². The molecule has 0 spiro atoms. The first-order chi connectivity index (χ1) is 6.84. The lowest BCUT2D eigenvalue weighted by atomic mass is 9.96. The standard InChI is InChI=1S/C12H17NO.ClH/c14-12-6-7-13-11(9-12)8-10-4-2-1-3-5-10;/h1-5,11-14H,6-9H2;1H. The van der Waals surface area contributed by atoms with Crippen molar-refractivity contribution >= 4 is 12.4 Å². The fraction of sp³-hybridized carbons (Fsp3) is 0.500. The van der Waals surface area contributed by atoms with Crippen LogP contribution in [-0.2, 0) is 6.42 Å². The Kier molecular flexibility index (Phi) is 5.09. The zero-order valence-electron chi connectivity index (χ0n) is 8.73. The first kappa shape index (κ1) is 12.5. The van der Waals surface area contributed by atoms with Crippen LogP contribution >= 0.6 is 12.4 Å². The van der Waals surface area contributed by atoms with E-state index in [0.29, 0.717) is 6.04 Å². The van der Waals surface area contributed by atoms with Crippen LogP contribution in [0.2, 0.25) is 0 Å². The van der Waals surface area contributed by atoms with Gasteiger partial charge in [0.05, 0.1) is 6.10 Å². The molecule has 84 valence electrons. The molecule has 0 aromatic heterocycles. The van der Waals surface area contributed by atoms with Crippen LogP contribution in [0.5, 0.6) is 0 Å². The molecule has 2 unspecified atom stereocenters. The summed E-state index contributed by atoms with van der Waals surface area (Å²) in [5, 5.41) is 13.0. The number of rotatable bonds is 2. The van der Waals surface area contributed by atoms with Gasteiger partial charge >= 0.3 is 0 Å². The molecule has 1 saturated heterocycles. The topological polar surface area (TPSA) is 32.3 Å². The first-order valence-electron chi connectivity index (χ1n) is 5.30. The fourth-order valence-corrected chi connectivity index (χ4v) is 2.04. The minimum absolute atomic E-state index is 0. The van der Waals surface area contributed by atoms with Crippen LogP contribution in [0.3, 0.4) is 0 Å². The zero-order valence-corrected chi connectivity index (χ0v) is 9.54. The van der Waals surface area contributed by atoms with E-state index in [4.69, 9.17) is 0 Å². The third-order valence-electron chi connectivity index (χ3n) is 2.79. The number of piperidine rings is 1. The minimum atomic E-state index is -0.107. The average Bonchev–Trinajstić information content (AvgIpc) is 2.19. The lowest BCUT2D eigenvalue weighted by molar-refractivity contribution is 0.116. The molecular weight excluding hydrogens is 210 g/mol. The Morgan fingerprint density at radius 3 is 2.67 bits per heavy atom. The van der Waals surface area contributed by atoms with Crippen molar-refractivity contribution < 1.29 is 5.11 Å². The van der Waals surface area contributed by atoms with Gasteiger partial charge in [-0.3, -0.25) is 0 Å². The third kappa shape index (κ3) is 3.82. The number of benzene rings is 1. The Morgan fingerprint density at radius 1 is 1.27 bits per heavy atom. The highest BCUT2D eigenvalue weighted by Crippen LogP contribution is 2.13. The Hall–Kier alpha value is -0.570. The first-order valence-corrected chi connectivity index (χ1v) is 5.30. The molecule has 1 fully saturated rings. The van der Waals surface area contributed by atoms with E-state index >= 15 is 0 Å². The quantitative estimate of drug-likeness (QED) is 0.807. The van der Waals surface area contributed by atoms with E-state index in [9.17, 15) is 5.11 Å². The van der Waals surface area contributed by atoms with Crippen LogP contribution in [0.1, 0.15) is 18.4 Å². The SMILES string of the molecule is Cl.OC1CCNC(Cc2ccccc2)C1. The molecule has 2 rings (SSSR count). The van der Waals surface area contributed by atoms with Crippen molar-refractivity contribution in [2.45, 2.75) is 31.4 Å². The number of hydrogen-bond acceptors (Lipinski definition) is 2. The molecule has 0 amide bonds. The summed E-state index contributed by atoms with van der Waals surface area (Å²) < 4.78 is 0. The van der Waals surface area contributed by atoms with Gasteiger partial charge in [0.1, 0.15) is 0 Å². The Bertz CT molecular complexity index is 278. The molecule has 3 heteroatoms. The maximum Gasteiger partial charge on any atom is 0.0567 e. The number of nitrogens with one attached hydrogen (secondary N) is 1. The van der Waals surface area contributed by atoms with E-state index in [-0.39, 0.29) is 18.5 Å². The van der Waals surface area contributed by atoms with E-state index in [1.807, 2.05) is 6.07 Å². The summed E-state index contributed by atoms with van der Waals surface area (Å²) in [6.45, 7) is 0.943. The second-order valence-corrected chi connectivity index (χ2v) is 4.02. The molecule has 15 heavy (non-hydrogen) atoms. The zero-order chi connectivity index (χ0) is 9.80. The van der Waals surface area contributed by atoms with Gasteiger partial charge < -0.3 is 10.4 Å². The van der Waals surface area contributed by atoms with Crippen LogP contribution in [0, 0.1) is 0 Å². The van der Waals surface area contributed by atoms with Crippen LogP contribution in [0.4, 0.5) is 0 Å². The van der Waals surface area contributed by atoms with Gasteiger partial charge in [0.15, 0.2) is 0 Å². The molecular formula is C12H18ClNO. The number of aliphatic hydroxyl groups excluding tert-OH is 1. The average molecular weight is 228 g/mol. The highest BCUT2D eigenvalue weighted by molar-refractivity contribution is 5.85. The predicted octanol–water partition coefficient (Wildman–Crippen LogP) is 1.76. The van der Waals surface area contributed by atoms with Gasteiger partial charge in [0.25, 0.3) is 0 Å². The van der Waals surface area contributed by atoms with E-state index < -0.39 is 0 Å². The van der Waals surface area contributed by atoms with E-state index in [1.54, 1.807) is 0 Å². The minimum Gasteiger partial charge on any atom is -0.393 e. The van der Waals surface area contributed by atoms with Gasteiger partial charge in [-0.25, -0.2) is 0 Å². The molecule has 2 atom stereocenters. The summed E-state index contributed by atoms with van der Waals surface area (Å²) in [7, 11) is 0. The van der Waals surface area contributed by atoms with Crippen molar-refractivity contribution in [1.29, 1.82) is 0 Å². The van der Waals surface area contributed by atoms with Gasteiger partial charge in [-0.2, -0.15) is 0 Å². The molecule has 1 heterocycles. The van der Waals surface area contributed by atoms with Gasteiger partial charge in [0.2, 0.25) is 0 Å². The molecule has 2 N–H and O–H groups in total. The van der Waals surface area contributed by atoms with Crippen LogP contribution in [-0.4, -0.2) is 23.8 Å². The van der Waals surface area contributed by atoms with Crippen molar-refractivity contribution in [1.82, 2.24) is 5.32 Å². The molecule has 1 aliphatic heterocycles. The Labute approximate surface area is 97.1 Å². The summed E-state index contributed by atoms with van der Waals surface area (Å²) in [6, 6.07) is 10.9.